The van der Waals surface area contributed by atoms with Crippen LogP contribution in [0.4, 0.5) is 0 Å². The lowest BCUT2D eigenvalue weighted by Gasteiger charge is -2.07. The monoisotopic (exact) mass is 207 g/mol. The van der Waals surface area contributed by atoms with Crippen LogP contribution in [-0.2, 0) is 22.6 Å². The second kappa shape index (κ2) is 5.14. The Morgan fingerprint density at radius 1 is 1.27 bits per heavy atom. The van der Waals surface area contributed by atoms with E-state index in [0.717, 1.165) is 17.5 Å². The number of aliphatic carboxylic acids is 1. The van der Waals surface area contributed by atoms with Crippen LogP contribution in [0.15, 0.2) is 24.3 Å². The summed E-state index contributed by atoms with van der Waals surface area (Å²) in [4.78, 5) is 21.1. The third-order valence-electron chi connectivity index (χ3n) is 2.13. The number of nitrogens with one attached hydrogen (secondary N) is 1. The molecular formula is C11H13NO3. The van der Waals surface area contributed by atoms with Gasteiger partial charge < -0.3 is 10.4 Å². The molecule has 0 aliphatic rings. The van der Waals surface area contributed by atoms with Crippen LogP contribution in [0.1, 0.15) is 18.1 Å². The summed E-state index contributed by atoms with van der Waals surface area (Å²) in [5.74, 6) is -2.43. The molecule has 0 aliphatic heterocycles. The van der Waals surface area contributed by atoms with Gasteiger partial charge in [-0.15, -0.1) is 0 Å². The van der Waals surface area contributed by atoms with E-state index in [0.29, 0.717) is 0 Å². The van der Waals surface area contributed by atoms with Crippen LogP contribution in [0, 0.1) is 0 Å². The molecule has 0 saturated carbocycles. The number of carbonyl (C=O) groups is 2. The summed E-state index contributed by atoms with van der Waals surface area (Å²) in [6.07, 6.45) is 0.860. The second-order valence-electron chi connectivity index (χ2n) is 3.11. The predicted molar refractivity (Wildman–Crippen MR) is 55.3 cm³/mol. The number of amides is 1. The number of carboxylic acid groups (broad SMARTS) is 1. The van der Waals surface area contributed by atoms with Crippen molar-refractivity contribution in [2.45, 2.75) is 19.9 Å². The third-order valence-corrected chi connectivity index (χ3v) is 2.13. The van der Waals surface area contributed by atoms with E-state index >= 15 is 0 Å². The van der Waals surface area contributed by atoms with Crippen LogP contribution in [0.5, 0.6) is 0 Å². The molecule has 4 heteroatoms. The van der Waals surface area contributed by atoms with Crippen molar-refractivity contribution < 1.29 is 14.7 Å². The minimum absolute atomic E-state index is 0.259. The van der Waals surface area contributed by atoms with E-state index in [1.807, 2.05) is 31.2 Å². The Bertz CT molecular complexity index is 374. The van der Waals surface area contributed by atoms with Crippen molar-refractivity contribution in [3.8, 4) is 0 Å². The molecule has 1 rings (SSSR count). The first-order valence-corrected chi connectivity index (χ1v) is 4.73. The van der Waals surface area contributed by atoms with Gasteiger partial charge in [0.2, 0.25) is 0 Å². The third kappa shape index (κ3) is 3.09. The van der Waals surface area contributed by atoms with Crippen LogP contribution < -0.4 is 5.32 Å². The highest BCUT2D eigenvalue weighted by atomic mass is 16.4. The maximum Gasteiger partial charge on any atom is 0.394 e. The van der Waals surface area contributed by atoms with E-state index in [1.54, 1.807) is 0 Å². The van der Waals surface area contributed by atoms with Crippen LogP contribution in [0.2, 0.25) is 0 Å². The van der Waals surface area contributed by atoms with Gasteiger partial charge in [-0.3, -0.25) is 4.79 Å². The van der Waals surface area contributed by atoms with Gasteiger partial charge in [-0.1, -0.05) is 31.2 Å². The molecule has 0 atom stereocenters. The molecule has 0 radical (unpaired) electrons. The summed E-state index contributed by atoms with van der Waals surface area (Å²) >= 11 is 0. The molecule has 15 heavy (non-hydrogen) atoms. The molecule has 1 aromatic carbocycles. The number of hydrogen-bond acceptors (Lipinski definition) is 2. The van der Waals surface area contributed by atoms with Gasteiger partial charge in [-0.05, 0) is 17.5 Å². The molecule has 0 heterocycles. The predicted octanol–water partition coefficient (Wildman–Crippen LogP) is 0.950. The van der Waals surface area contributed by atoms with Crippen molar-refractivity contribution in [1.29, 1.82) is 0 Å². The summed E-state index contributed by atoms with van der Waals surface area (Å²) in [6.45, 7) is 2.27. The first kappa shape index (κ1) is 11.2. The van der Waals surface area contributed by atoms with E-state index in [9.17, 15) is 9.59 Å². The fraction of sp³-hybridized carbons (Fsp3) is 0.273. The van der Waals surface area contributed by atoms with Crippen molar-refractivity contribution in [2.75, 3.05) is 0 Å². The Morgan fingerprint density at radius 3 is 2.40 bits per heavy atom. The molecule has 0 bridgehead atoms. The molecule has 2 N–H and O–H groups in total. The zero-order chi connectivity index (χ0) is 11.3. The Hall–Kier alpha value is -1.84. The molecule has 0 unspecified atom stereocenters. The number of aryl methyl sites for hydroxylation is 1. The fourth-order valence-corrected chi connectivity index (χ4v) is 1.33. The molecule has 4 nitrogen and oxygen atoms in total. The van der Waals surface area contributed by atoms with E-state index in [2.05, 4.69) is 5.32 Å². The molecular weight excluding hydrogens is 194 g/mol. The summed E-state index contributed by atoms with van der Waals surface area (Å²) in [7, 11) is 0. The second-order valence-corrected chi connectivity index (χ2v) is 3.11. The van der Waals surface area contributed by atoms with Gasteiger partial charge in [0.25, 0.3) is 0 Å². The van der Waals surface area contributed by atoms with Gasteiger partial charge >= 0.3 is 11.9 Å². The zero-order valence-corrected chi connectivity index (χ0v) is 8.49. The quantitative estimate of drug-likeness (QED) is 0.725. The van der Waals surface area contributed by atoms with Crippen LogP contribution in [0.25, 0.3) is 0 Å². The molecule has 0 fully saturated rings. The van der Waals surface area contributed by atoms with Gasteiger partial charge in [-0.2, -0.15) is 0 Å². The Labute approximate surface area is 87.9 Å². The van der Waals surface area contributed by atoms with Crippen LogP contribution in [0.3, 0.4) is 0 Å². The number of hydrogen-bond donors (Lipinski definition) is 2. The first-order valence-electron chi connectivity index (χ1n) is 4.73. The van der Waals surface area contributed by atoms with Crippen LogP contribution in [-0.4, -0.2) is 17.0 Å². The maximum absolute atomic E-state index is 10.8. The molecule has 0 aromatic heterocycles. The van der Waals surface area contributed by atoms with E-state index in [-0.39, 0.29) is 6.54 Å². The Kier molecular flexibility index (Phi) is 3.85. The van der Waals surface area contributed by atoms with Crippen molar-refractivity contribution in [2.24, 2.45) is 0 Å². The van der Waals surface area contributed by atoms with Crippen molar-refractivity contribution in [3.05, 3.63) is 35.4 Å². The SMILES string of the molecule is CCc1ccccc1CNC(=O)C(=O)O. The maximum atomic E-state index is 10.8. The normalized spacial score (nSPS) is 9.67. The van der Waals surface area contributed by atoms with Gasteiger partial charge in [0, 0.05) is 6.54 Å². The largest absolute Gasteiger partial charge is 0.474 e. The smallest absolute Gasteiger partial charge is 0.394 e. The standard InChI is InChI=1S/C11H13NO3/c1-2-8-5-3-4-6-9(8)7-12-10(13)11(14)15/h3-6H,2,7H2,1H3,(H,12,13)(H,14,15). The minimum Gasteiger partial charge on any atom is -0.474 e. The molecule has 1 amide bonds. The zero-order valence-electron chi connectivity index (χ0n) is 8.49. The number of carboxylic acids is 1. The van der Waals surface area contributed by atoms with E-state index in [4.69, 9.17) is 5.11 Å². The first-order chi connectivity index (χ1) is 7.15. The highest BCUT2D eigenvalue weighted by Gasteiger charge is 2.10. The Morgan fingerprint density at radius 2 is 1.87 bits per heavy atom. The van der Waals surface area contributed by atoms with Gasteiger partial charge in [0.1, 0.15) is 0 Å². The number of carbonyl (C=O) groups excluding carboxylic acids is 1. The lowest BCUT2D eigenvalue weighted by atomic mass is 10.1. The topological polar surface area (TPSA) is 66.4 Å². The van der Waals surface area contributed by atoms with Crippen molar-refractivity contribution in [3.63, 3.8) is 0 Å². The summed E-state index contributed by atoms with van der Waals surface area (Å²) in [5, 5.41) is 10.7. The fourth-order valence-electron chi connectivity index (χ4n) is 1.33. The highest BCUT2D eigenvalue weighted by Crippen LogP contribution is 2.08. The number of benzene rings is 1. The molecule has 1 aromatic rings. The van der Waals surface area contributed by atoms with Crippen LogP contribution >= 0.6 is 0 Å². The summed E-state index contributed by atoms with van der Waals surface area (Å²) in [5.41, 5.74) is 2.07. The summed E-state index contributed by atoms with van der Waals surface area (Å²) < 4.78 is 0. The van der Waals surface area contributed by atoms with E-state index in [1.165, 1.54) is 0 Å². The minimum atomic E-state index is -1.45. The van der Waals surface area contributed by atoms with Gasteiger partial charge in [-0.25, -0.2) is 4.79 Å². The molecule has 0 aliphatic carbocycles. The van der Waals surface area contributed by atoms with E-state index < -0.39 is 11.9 Å². The Balaban J connectivity index is 2.65. The van der Waals surface area contributed by atoms with Crippen molar-refractivity contribution >= 4 is 11.9 Å². The summed E-state index contributed by atoms with van der Waals surface area (Å²) in [6, 6.07) is 7.62. The van der Waals surface area contributed by atoms with Gasteiger partial charge in [0.15, 0.2) is 0 Å². The molecule has 80 valence electrons. The van der Waals surface area contributed by atoms with Crippen molar-refractivity contribution in [1.82, 2.24) is 5.32 Å². The number of rotatable bonds is 3. The molecule has 0 spiro atoms. The average Bonchev–Trinajstić information content (AvgIpc) is 2.26. The lowest BCUT2D eigenvalue weighted by Crippen LogP contribution is -2.30. The van der Waals surface area contributed by atoms with Gasteiger partial charge in [0.05, 0.1) is 0 Å². The average molecular weight is 207 g/mol. The molecule has 0 saturated heterocycles. The highest BCUT2D eigenvalue weighted by molar-refractivity contribution is 6.31. The lowest BCUT2D eigenvalue weighted by molar-refractivity contribution is -0.150.